The summed E-state index contributed by atoms with van der Waals surface area (Å²) in [6, 6.07) is 13.3. The fourth-order valence-corrected chi connectivity index (χ4v) is 3.51. The Morgan fingerprint density at radius 3 is 2.76 bits per heavy atom. The summed E-state index contributed by atoms with van der Waals surface area (Å²) < 4.78 is 2.69. The first-order valence-electron chi connectivity index (χ1n) is 7.46. The minimum absolute atomic E-state index is 0.00422. The van der Waals surface area contributed by atoms with E-state index in [-0.39, 0.29) is 12.2 Å². The van der Waals surface area contributed by atoms with Crippen molar-refractivity contribution in [1.29, 1.82) is 0 Å². The second-order valence-electron chi connectivity index (χ2n) is 5.52. The van der Waals surface area contributed by atoms with Gasteiger partial charge in [0.25, 0.3) is 0 Å². The third-order valence-electron chi connectivity index (χ3n) is 3.98. The minimum Gasteiger partial charge on any atom is -0.476 e. The molecular weight excluding hydrogens is 406 g/mol. The van der Waals surface area contributed by atoms with E-state index in [0.29, 0.717) is 10.8 Å². The van der Waals surface area contributed by atoms with Crippen LogP contribution in [0.2, 0.25) is 5.02 Å². The highest BCUT2D eigenvalue weighted by molar-refractivity contribution is 9.10. The first-order valence-corrected chi connectivity index (χ1v) is 8.63. The number of halogens is 2. The van der Waals surface area contributed by atoms with Gasteiger partial charge in [0.2, 0.25) is 0 Å². The maximum Gasteiger partial charge on any atom is 0.356 e. The molecule has 2 heterocycles. The molecule has 0 amide bonds. The van der Waals surface area contributed by atoms with Crippen LogP contribution in [0.5, 0.6) is 0 Å². The van der Waals surface area contributed by atoms with E-state index in [0.717, 1.165) is 27.0 Å². The molecule has 25 heavy (non-hydrogen) atoms. The van der Waals surface area contributed by atoms with Crippen LogP contribution in [0.1, 0.15) is 27.4 Å². The van der Waals surface area contributed by atoms with E-state index in [2.05, 4.69) is 20.9 Å². The molecule has 0 aliphatic carbocycles. The van der Waals surface area contributed by atoms with Crippen molar-refractivity contribution in [1.82, 2.24) is 9.55 Å². The summed E-state index contributed by atoms with van der Waals surface area (Å²) >= 11 is 9.79. The van der Waals surface area contributed by atoms with Gasteiger partial charge in [-0.3, -0.25) is 4.99 Å². The van der Waals surface area contributed by atoms with E-state index in [4.69, 9.17) is 16.6 Å². The summed E-state index contributed by atoms with van der Waals surface area (Å²) in [7, 11) is 0. The molecule has 4 rings (SSSR count). The van der Waals surface area contributed by atoms with E-state index in [1.54, 1.807) is 10.6 Å². The van der Waals surface area contributed by atoms with E-state index in [1.165, 1.54) is 6.20 Å². The molecule has 0 saturated carbocycles. The van der Waals surface area contributed by atoms with Crippen molar-refractivity contribution < 1.29 is 9.90 Å². The van der Waals surface area contributed by atoms with Crippen LogP contribution in [0.4, 0.5) is 0 Å². The van der Waals surface area contributed by atoms with Gasteiger partial charge in [-0.2, -0.15) is 0 Å². The number of aromatic carboxylic acids is 1. The van der Waals surface area contributed by atoms with Gasteiger partial charge in [0.1, 0.15) is 5.82 Å². The molecule has 0 radical (unpaired) electrons. The molecule has 1 aliphatic rings. The van der Waals surface area contributed by atoms with Crippen molar-refractivity contribution in [2.75, 3.05) is 0 Å². The lowest BCUT2D eigenvalue weighted by molar-refractivity contribution is 0.0691. The summed E-state index contributed by atoms with van der Waals surface area (Å²) in [5.74, 6) is -0.492. The molecule has 1 aliphatic heterocycles. The molecule has 1 aromatic heterocycles. The number of hydrogen-bond donors (Lipinski definition) is 1. The van der Waals surface area contributed by atoms with Crippen LogP contribution in [0.3, 0.4) is 0 Å². The number of carboxylic acids is 1. The number of aromatic nitrogens is 2. The van der Waals surface area contributed by atoms with Gasteiger partial charge >= 0.3 is 5.97 Å². The fraction of sp³-hybridized carbons (Fsp3) is 0.0556. The summed E-state index contributed by atoms with van der Waals surface area (Å²) in [6.07, 6.45) is 1.52. The van der Waals surface area contributed by atoms with Gasteiger partial charge in [-0.15, -0.1) is 0 Å². The number of fused-ring (bicyclic) bond motifs is 3. The Kier molecular flexibility index (Phi) is 3.94. The maximum atomic E-state index is 11.3. The summed E-state index contributed by atoms with van der Waals surface area (Å²) in [5, 5.41) is 9.81. The maximum absolute atomic E-state index is 11.3. The number of nitrogens with zero attached hydrogens (tertiary/aromatic N) is 3. The van der Waals surface area contributed by atoms with Gasteiger partial charge in [0.05, 0.1) is 17.9 Å². The van der Waals surface area contributed by atoms with Crippen LogP contribution in [-0.4, -0.2) is 26.3 Å². The minimum atomic E-state index is -1.06. The van der Waals surface area contributed by atoms with Crippen LogP contribution in [0.15, 0.2) is 58.1 Å². The van der Waals surface area contributed by atoms with Crippen molar-refractivity contribution in [2.24, 2.45) is 4.99 Å². The second kappa shape index (κ2) is 6.13. The Morgan fingerprint density at radius 1 is 1.20 bits per heavy atom. The molecule has 124 valence electrons. The number of aliphatic imine (C=N–C) groups is 1. The molecule has 0 unspecified atom stereocenters. The van der Waals surface area contributed by atoms with E-state index in [1.807, 2.05) is 36.4 Å². The molecule has 2 aromatic carbocycles. The number of imidazole rings is 1. The number of benzene rings is 2. The van der Waals surface area contributed by atoms with Crippen molar-refractivity contribution in [3.63, 3.8) is 0 Å². The van der Waals surface area contributed by atoms with Gasteiger partial charge in [-0.1, -0.05) is 45.7 Å². The zero-order valence-electron chi connectivity index (χ0n) is 12.8. The van der Waals surface area contributed by atoms with Crippen LogP contribution in [-0.2, 0) is 6.54 Å². The molecule has 3 aromatic rings. The molecule has 0 atom stereocenters. The van der Waals surface area contributed by atoms with Crippen molar-refractivity contribution in [3.05, 3.63) is 80.8 Å². The average molecular weight is 417 g/mol. The molecular formula is C18H11BrClN3O2. The highest BCUT2D eigenvalue weighted by Crippen LogP contribution is 2.30. The van der Waals surface area contributed by atoms with Crippen molar-refractivity contribution in [2.45, 2.75) is 6.54 Å². The lowest BCUT2D eigenvalue weighted by Crippen LogP contribution is -2.07. The van der Waals surface area contributed by atoms with Crippen LogP contribution in [0, 0.1) is 0 Å². The van der Waals surface area contributed by atoms with Gasteiger partial charge in [-0.25, -0.2) is 9.78 Å². The first kappa shape index (κ1) is 16.1. The zero-order chi connectivity index (χ0) is 17.6. The molecule has 0 bridgehead atoms. The summed E-state index contributed by atoms with van der Waals surface area (Å²) in [5.41, 5.74) is 3.34. The normalized spacial score (nSPS) is 12.8. The Balaban J connectivity index is 1.98. The van der Waals surface area contributed by atoms with Gasteiger partial charge in [0, 0.05) is 26.8 Å². The first-order chi connectivity index (χ1) is 12.0. The standard InChI is InChI=1S/C18H11BrClN3O2/c19-13-4-2-1-3-11(13)17-12-7-10(20)5-6-15(12)23-9-14(18(24)25)22-16(23)8-21-17/h1-7,9H,8H2,(H,24,25). The molecule has 0 fully saturated rings. The van der Waals surface area contributed by atoms with Crippen LogP contribution < -0.4 is 0 Å². The quantitative estimate of drug-likeness (QED) is 0.676. The molecule has 7 heteroatoms. The topological polar surface area (TPSA) is 67.5 Å². The molecule has 0 spiro atoms. The lowest BCUT2D eigenvalue weighted by atomic mass is 10.0. The number of hydrogen-bond acceptors (Lipinski definition) is 3. The van der Waals surface area contributed by atoms with Crippen LogP contribution in [0.25, 0.3) is 5.69 Å². The highest BCUT2D eigenvalue weighted by Gasteiger charge is 2.23. The fourth-order valence-electron chi connectivity index (χ4n) is 2.87. The van der Waals surface area contributed by atoms with Gasteiger partial charge in [-0.05, 0) is 24.3 Å². The number of rotatable bonds is 2. The monoisotopic (exact) mass is 415 g/mol. The number of carbonyl (C=O) groups is 1. The average Bonchev–Trinajstić information content (AvgIpc) is 2.95. The van der Waals surface area contributed by atoms with Crippen molar-refractivity contribution >= 4 is 39.2 Å². The SMILES string of the molecule is O=C(O)c1cn2c(n1)CN=C(c1ccccc1Br)c1cc(Cl)ccc1-2. The predicted molar refractivity (Wildman–Crippen MR) is 99.0 cm³/mol. The summed E-state index contributed by atoms with van der Waals surface area (Å²) in [4.78, 5) is 20.2. The Bertz CT molecular complexity index is 1040. The van der Waals surface area contributed by atoms with Gasteiger partial charge in [0.15, 0.2) is 5.69 Å². The Labute approximate surface area is 156 Å². The molecule has 5 nitrogen and oxygen atoms in total. The van der Waals surface area contributed by atoms with Crippen LogP contribution >= 0.6 is 27.5 Å². The Hall–Kier alpha value is -2.44. The summed E-state index contributed by atoms with van der Waals surface area (Å²) in [6.45, 7) is 0.274. The van der Waals surface area contributed by atoms with Gasteiger partial charge < -0.3 is 9.67 Å². The predicted octanol–water partition coefficient (Wildman–Crippen LogP) is 4.34. The largest absolute Gasteiger partial charge is 0.476 e. The second-order valence-corrected chi connectivity index (χ2v) is 6.81. The smallest absolute Gasteiger partial charge is 0.356 e. The number of carboxylic acid groups (broad SMARTS) is 1. The third kappa shape index (κ3) is 2.77. The van der Waals surface area contributed by atoms with E-state index < -0.39 is 5.97 Å². The zero-order valence-corrected chi connectivity index (χ0v) is 15.1. The highest BCUT2D eigenvalue weighted by atomic mass is 79.9. The lowest BCUT2D eigenvalue weighted by Gasteiger charge is -2.13. The molecule has 0 saturated heterocycles. The molecule has 1 N–H and O–H groups in total. The van der Waals surface area contributed by atoms with E-state index >= 15 is 0 Å². The van der Waals surface area contributed by atoms with Crippen molar-refractivity contribution in [3.8, 4) is 5.69 Å². The Morgan fingerprint density at radius 2 is 2.00 bits per heavy atom. The van der Waals surface area contributed by atoms with E-state index in [9.17, 15) is 9.90 Å². The third-order valence-corrected chi connectivity index (χ3v) is 4.91.